The van der Waals surface area contributed by atoms with Crippen molar-refractivity contribution in [1.29, 1.82) is 0 Å². The van der Waals surface area contributed by atoms with Gasteiger partial charge in [0.15, 0.2) is 11.5 Å². The third-order valence-corrected chi connectivity index (χ3v) is 6.76. The van der Waals surface area contributed by atoms with Crippen LogP contribution in [0.25, 0.3) is 16.6 Å². The third-order valence-electron chi connectivity index (χ3n) is 6.76. The molecular weight excluding hydrogens is 436 g/mol. The van der Waals surface area contributed by atoms with Crippen molar-refractivity contribution in [2.45, 2.75) is 33.4 Å². The molecule has 4 heterocycles. The van der Waals surface area contributed by atoms with E-state index in [0.29, 0.717) is 0 Å². The van der Waals surface area contributed by atoms with Crippen molar-refractivity contribution >= 4 is 22.5 Å². The van der Waals surface area contributed by atoms with Gasteiger partial charge in [-0.05, 0) is 37.6 Å². The molecule has 6 rings (SSSR count). The molecule has 1 aliphatic rings. The zero-order valence-corrected chi connectivity index (χ0v) is 20.3. The molecule has 0 radical (unpaired) electrons. The van der Waals surface area contributed by atoms with Gasteiger partial charge in [-0.2, -0.15) is 9.61 Å². The van der Waals surface area contributed by atoms with E-state index in [1.165, 1.54) is 5.56 Å². The monoisotopic (exact) mass is 466 g/mol. The minimum Gasteiger partial charge on any atom is -0.338 e. The number of anilines is 1. The first-order chi connectivity index (χ1) is 17.1. The molecule has 0 spiro atoms. The number of aryl methyl sites for hydroxylation is 4. The first-order valence-corrected chi connectivity index (χ1v) is 12.3. The van der Waals surface area contributed by atoms with Crippen LogP contribution in [-0.4, -0.2) is 60.4 Å². The number of fused-ring (bicyclic) bond motifs is 3. The normalized spacial score (nSPS) is 14.9. The van der Waals surface area contributed by atoms with Gasteiger partial charge in [-0.15, -0.1) is 5.10 Å². The minimum absolute atomic E-state index is 0.724. The molecule has 8 nitrogen and oxygen atoms in total. The summed E-state index contributed by atoms with van der Waals surface area (Å²) in [4.78, 5) is 14.8. The molecule has 2 aromatic carbocycles. The summed E-state index contributed by atoms with van der Waals surface area (Å²) in [6.45, 7) is 9.65. The lowest BCUT2D eigenvalue weighted by atomic mass is 10.2. The highest BCUT2D eigenvalue weighted by molar-refractivity contribution is 5.92. The fourth-order valence-corrected chi connectivity index (χ4v) is 4.95. The Balaban J connectivity index is 1.27. The Hall–Kier alpha value is -3.78. The van der Waals surface area contributed by atoms with E-state index < -0.39 is 0 Å². The number of nitrogens with zero attached hydrogens (tertiary/aromatic N) is 8. The van der Waals surface area contributed by atoms with Crippen LogP contribution in [0.5, 0.6) is 0 Å². The van der Waals surface area contributed by atoms with E-state index in [0.717, 1.165) is 85.4 Å². The predicted octanol–water partition coefficient (Wildman–Crippen LogP) is 3.66. The lowest BCUT2D eigenvalue weighted by Gasteiger charge is -2.35. The van der Waals surface area contributed by atoms with Gasteiger partial charge >= 0.3 is 0 Å². The van der Waals surface area contributed by atoms with Crippen molar-refractivity contribution in [3.05, 3.63) is 83.4 Å². The molecule has 3 aromatic heterocycles. The van der Waals surface area contributed by atoms with Gasteiger partial charge < -0.3 is 4.90 Å². The summed E-state index contributed by atoms with van der Waals surface area (Å²) in [7, 11) is 0. The van der Waals surface area contributed by atoms with Gasteiger partial charge in [-0.3, -0.25) is 9.58 Å². The molecule has 1 saturated heterocycles. The summed E-state index contributed by atoms with van der Waals surface area (Å²) >= 11 is 0. The van der Waals surface area contributed by atoms with E-state index >= 15 is 0 Å². The number of aromatic nitrogens is 6. The topological polar surface area (TPSA) is 67.4 Å². The van der Waals surface area contributed by atoms with Gasteiger partial charge in [-0.25, -0.2) is 9.97 Å². The van der Waals surface area contributed by atoms with Gasteiger partial charge in [0.1, 0.15) is 0 Å². The van der Waals surface area contributed by atoms with Gasteiger partial charge in [0.2, 0.25) is 5.95 Å². The summed E-state index contributed by atoms with van der Waals surface area (Å²) < 4.78 is 3.98. The zero-order chi connectivity index (χ0) is 23.8. The molecule has 0 atom stereocenters. The molecule has 0 N–H and O–H groups in total. The Labute approximate surface area is 204 Å². The van der Waals surface area contributed by atoms with Crippen LogP contribution < -0.4 is 4.90 Å². The van der Waals surface area contributed by atoms with Crippen LogP contribution in [0.3, 0.4) is 0 Å². The van der Waals surface area contributed by atoms with Gasteiger partial charge in [0.05, 0.1) is 11.2 Å². The molecule has 0 bridgehead atoms. The molecule has 178 valence electrons. The van der Waals surface area contributed by atoms with Crippen LogP contribution in [0.2, 0.25) is 0 Å². The number of hydrogen-bond donors (Lipinski definition) is 0. The second-order valence-electron chi connectivity index (χ2n) is 9.34. The van der Waals surface area contributed by atoms with Crippen molar-refractivity contribution in [3.63, 3.8) is 0 Å². The average Bonchev–Trinajstić information content (AvgIpc) is 3.45. The summed E-state index contributed by atoms with van der Waals surface area (Å²) in [5.74, 6) is 1.70. The van der Waals surface area contributed by atoms with Crippen molar-refractivity contribution in [3.8, 4) is 0 Å². The largest absolute Gasteiger partial charge is 0.338 e. The highest BCUT2D eigenvalue weighted by atomic mass is 15.4. The van der Waals surface area contributed by atoms with Crippen molar-refractivity contribution < 1.29 is 0 Å². The van der Waals surface area contributed by atoms with Crippen LogP contribution in [0.15, 0.2) is 60.7 Å². The van der Waals surface area contributed by atoms with E-state index in [1.807, 2.05) is 28.3 Å². The third kappa shape index (κ3) is 4.37. The van der Waals surface area contributed by atoms with Crippen LogP contribution in [0.1, 0.15) is 22.8 Å². The lowest BCUT2D eigenvalue weighted by Crippen LogP contribution is -2.46. The first kappa shape index (κ1) is 21.7. The highest BCUT2D eigenvalue weighted by Crippen LogP contribution is 2.24. The van der Waals surface area contributed by atoms with Crippen LogP contribution in [-0.2, 0) is 19.5 Å². The molecule has 0 saturated carbocycles. The molecule has 8 heteroatoms. The summed E-state index contributed by atoms with van der Waals surface area (Å²) in [6, 6.07) is 21.0. The van der Waals surface area contributed by atoms with E-state index in [2.05, 4.69) is 70.4 Å². The summed E-state index contributed by atoms with van der Waals surface area (Å²) in [5, 5.41) is 10.5. The number of rotatable bonds is 6. The molecule has 1 fully saturated rings. The fourth-order valence-electron chi connectivity index (χ4n) is 4.95. The smallest absolute Gasteiger partial charge is 0.229 e. The van der Waals surface area contributed by atoms with E-state index in [1.54, 1.807) is 0 Å². The Morgan fingerprint density at radius 1 is 0.829 bits per heavy atom. The average molecular weight is 467 g/mol. The Bertz CT molecular complexity index is 1460. The van der Waals surface area contributed by atoms with Crippen LogP contribution in [0.4, 0.5) is 5.95 Å². The zero-order valence-electron chi connectivity index (χ0n) is 20.3. The maximum Gasteiger partial charge on any atom is 0.229 e. The quantitative estimate of drug-likeness (QED) is 0.381. The van der Waals surface area contributed by atoms with Crippen LogP contribution in [0, 0.1) is 13.8 Å². The van der Waals surface area contributed by atoms with E-state index in [9.17, 15) is 0 Å². The number of hydrogen-bond acceptors (Lipinski definition) is 6. The molecule has 0 unspecified atom stereocenters. The predicted molar refractivity (Wildman–Crippen MR) is 138 cm³/mol. The molecular formula is C27H30N8. The maximum atomic E-state index is 5.04. The van der Waals surface area contributed by atoms with Crippen molar-refractivity contribution in [1.82, 2.24) is 34.3 Å². The van der Waals surface area contributed by atoms with Crippen molar-refractivity contribution in [2.75, 3.05) is 31.1 Å². The Morgan fingerprint density at radius 3 is 2.37 bits per heavy atom. The Morgan fingerprint density at radius 2 is 1.60 bits per heavy atom. The van der Waals surface area contributed by atoms with Gasteiger partial charge in [0.25, 0.3) is 0 Å². The van der Waals surface area contributed by atoms with Crippen LogP contribution >= 0.6 is 0 Å². The molecule has 5 aromatic rings. The fraction of sp³-hybridized carbons (Fsp3) is 0.333. The second kappa shape index (κ2) is 9.11. The summed E-state index contributed by atoms with van der Waals surface area (Å²) in [6.07, 6.45) is 0.724. The highest BCUT2D eigenvalue weighted by Gasteiger charge is 2.23. The standard InChI is InChI=1S/C27H30N8/c1-20-18-21(2)34(30-20)13-12-25-29-26-23-10-6-7-11-24(23)28-27(35(26)31-25)33-16-14-32(15-17-33)19-22-8-4-3-5-9-22/h3-11,18H,12-17,19H2,1-2H3. The molecule has 1 aliphatic heterocycles. The number of piperazine rings is 1. The van der Waals surface area contributed by atoms with Crippen molar-refractivity contribution in [2.24, 2.45) is 0 Å². The molecule has 0 amide bonds. The summed E-state index contributed by atoms with van der Waals surface area (Å²) in [5.41, 5.74) is 5.39. The van der Waals surface area contributed by atoms with E-state index in [-0.39, 0.29) is 0 Å². The maximum absolute atomic E-state index is 5.04. The van der Waals surface area contributed by atoms with E-state index in [4.69, 9.17) is 15.1 Å². The second-order valence-corrected chi connectivity index (χ2v) is 9.34. The molecule has 0 aliphatic carbocycles. The Kier molecular flexibility index (Phi) is 5.66. The number of para-hydroxylation sites is 1. The SMILES string of the molecule is Cc1cc(C)n(CCc2nc3c4ccccc4nc(N4CCN(Cc5ccccc5)CC4)n3n2)n1. The first-order valence-electron chi connectivity index (χ1n) is 12.3. The molecule has 35 heavy (non-hydrogen) atoms. The lowest BCUT2D eigenvalue weighted by molar-refractivity contribution is 0.248. The number of benzene rings is 2. The minimum atomic E-state index is 0.724. The van der Waals surface area contributed by atoms with Gasteiger partial charge in [-0.1, -0.05) is 42.5 Å². The van der Waals surface area contributed by atoms with Gasteiger partial charge in [0, 0.05) is 56.8 Å².